The predicted molar refractivity (Wildman–Crippen MR) is 175 cm³/mol. The van der Waals surface area contributed by atoms with Gasteiger partial charge in [0, 0.05) is 22.5 Å². The second-order valence-electron chi connectivity index (χ2n) is 11.7. The normalized spacial score (nSPS) is 15.3. The lowest BCUT2D eigenvalue weighted by Crippen LogP contribution is -2.36. The highest BCUT2D eigenvalue weighted by Crippen LogP contribution is 2.62. The number of benzene rings is 6. The molecule has 0 saturated carbocycles. The van der Waals surface area contributed by atoms with Crippen LogP contribution in [0.3, 0.4) is 0 Å². The molecule has 0 N–H and O–H groups in total. The van der Waals surface area contributed by atoms with Crippen molar-refractivity contribution in [1.29, 1.82) is 0 Å². The molecule has 200 valence electrons. The molecule has 4 heteroatoms. The van der Waals surface area contributed by atoms with Crippen LogP contribution in [0.5, 0.6) is 0 Å². The smallest absolute Gasteiger partial charge is 0.223 e. The molecule has 2 aliphatic carbocycles. The lowest BCUT2D eigenvalue weighted by molar-refractivity contribution is 0.0990. The Kier molecular flexibility index (Phi) is 4.79. The molecule has 3 nitrogen and oxygen atoms in total. The van der Waals surface area contributed by atoms with Crippen LogP contribution >= 0.6 is 0 Å². The highest BCUT2D eigenvalue weighted by atomic mass is 16.2. The first kappa shape index (κ1) is 24.2. The Hall–Kier alpha value is -5.48. The molecule has 0 atom stereocenters. The maximum Gasteiger partial charge on any atom is 0.223 e. The number of anilines is 2. The summed E-state index contributed by atoms with van der Waals surface area (Å²) in [5.41, 5.74) is 11.1. The molecule has 0 radical (unpaired) electrons. The molecule has 6 aromatic carbocycles. The Labute approximate surface area is 250 Å². The summed E-state index contributed by atoms with van der Waals surface area (Å²) in [5, 5.41) is 1.92. The van der Waals surface area contributed by atoms with Gasteiger partial charge in [-0.15, -0.1) is 0 Å². The Morgan fingerprint density at radius 2 is 1.02 bits per heavy atom. The number of carbonyl (C=O) groups excluding carboxylic acids is 2. The van der Waals surface area contributed by atoms with Gasteiger partial charge in [0.15, 0.2) is 11.6 Å². The van der Waals surface area contributed by atoms with Crippen LogP contribution in [0.4, 0.5) is 11.4 Å². The van der Waals surface area contributed by atoms with E-state index >= 15 is 0 Å². The zero-order valence-electron chi connectivity index (χ0n) is 23.5. The van der Waals surface area contributed by atoms with Gasteiger partial charge in [-0.05, 0) is 86.1 Å². The summed E-state index contributed by atoms with van der Waals surface area (Å²) in [6.07, 6.45) is 1.79. The number of nitrogens with zero attached hydrogens (tertiary/aromatic N) is 1. The van der Waals surface area contributed by atoms with Crippen molar-refractivity contribution in [2.45, 2.75) is 5.41 Å². The second kappa shape index (κ2) is 8.53. The standard InChI is InChI=1S/C39H24BNO2/c40-41-35-16-8-7-15-33(35)39(31-13-5-3-11-26(31)27-12-4-6-14-32(27)39)34-20-23(17-18-36(34)41)19-30-37(42)28-21-24-9-1-2-10-25(24)22-29(28)38(30)43/h1-22H,40H2. The number of fused-ring (bicyclic) bond motifs is 11. The van der Waals surface area contributed by atoms with Crippen molar-refractivity contribution >= 4 is 47.8 Å². The van der Waals surface area contributed by atoms with Crippen molar-refractivity contribution in [3.05, 3.63) is 172 Å². The van der Waals surface area contributed by atoms with E-state index in [1.807, 2.05) is 42.5 Å². The zero-order valence-corrected chi connectivity index (χ0v) is 23.5. The summed E-state index contributed by atoms with van der Waals surface area (Å²) in [4.78, 5) is 29.5. The van der Waals surface area contributed by atoms with Gasteiger partial charge >= 0.3 is 0 Å². The van der Waals surface area contributed by atoms with Gasteiger partial charge in [-0.1, -0.05) is 97.1 Å². The number of rotatable bonds is 1. The number of Topliss-reactive ketones (excluding diaryl/α,β-unsaturated/α-hetero) is 2. The van der Waals surface area contributed by atoms with E-state index < -0.39 is 5.41 Å². The van der Waals surface area contributed by atoms with Gasteiger partial charge in [0.1, 0.15) is 0 Å². The molecule has 6 aromatic rings. The first-order chi connectivity index (χ1) is 21.1. The Morgan fingerprint density at radius 1 is 0.512 bits per heavy atom. The second-order valence-corrected chi connectivity index (χ2v) is 11.7. The summed E-state index contributed by atoms with van der Waals surface area (Å²) in [7, 11) is 2.11. The van der Waals surface area contributed by atoms with E-state index in [2.05, 4.69) is 97.7 Å². The average molecular weight is 549 g/mol. The molecule has 0 unspecified atom stereocenters. The minimum absolute atomic E-state index is 0.211. The minimum Gasteiger partial charge on any atom is -0.393 e. The fourth-order valence-corrected chi connectivity index (χ4v) is 7.72. The van der Waals surface area contributed by atoms with Gasteiger partial charge in [0.2, 0.25) is 7.98 Å². The molecular weight excluding hydrogens is 525 g/mol. The summed E-state index contributed by atoms with van der Waals surface area (Å²) in [6, 6.07) is 43.9. The van der Waals surface area contributed by atoms with E-state index in [4.69, 9.17) is 0 Å². The van der Waals surface area contributed by atoms with Crippen LogP contribution in [-0.4, -0.2) is 19.5 Å². The van der Waals surface area contributed by atoms with E-state index in [0.717, 1.165) is 33.3 Å². The van der Waals surface area contributed by atoms with Gasteiger partial charge in [0.05, 0.1) is 11.0 Å². The highest BCUT2D eigenvalue weighted by Gasteiger charge is 2.50. The molecule has 1 spiro atoms. The molecule has 0 saturated heterocycles. The largest absolute Gasteiger partial charge is 0.393 e. The topological polar surface area (TPSA) is 37.4 Å². The summed E-state index contributed by atoms with van der Waals surface area (Å²) in [6.45, 7) is 0. The zero-order chi connectivity index (χ0) is 28.9. The van der Waals surface area contributed by atoms with Crippen LogP contribution in [0.15, 0.2) is 133 Å². The maximum absolute atomic E-state index is 13.6. The predicted octanol–water partition coefficient (Wildman–Crippen LogP) is 7.67. The fourth-order valence-electron chi connectivity index (χ4n) is 7.72. The van der Waals surface area contributed by atoms with Crippen LogP contribution < -0.4 is 4.81 Å². The van der Waals surface area contributed by atoms with E-state index in [1.54, 1.807) is 6.08 Å². The van der Waals surface area contributed by atoms with Crippen molar-refractivity contribution in [1.82, 2.24) is 0 Å². The first-order valence-electron chi connectivity index (χ1n) is 14.6. The average Bonchev–Trinajstić information content (AvgIpc) is 3.47. The lowest BCUT2D eigenvalue weighted by Gasteiger charge is -2.44. The van der Waals surface area contributed by atoms with Crippen molar-refractivity contribution in [3.8, 4) is 11.1 Å². The number of hydrogen-bond acceptors (Lipinski definition) is 3. The van der Waals surface area contributed by atoms with Crippen LogP contribution in [0.2, 0.25) is 0 Å². The van der Waals surface area contributed by atoms with Crippen LogP contribution in [0, 0.1) is 0 Å². The third kappa shape index (κ3) is 3.05. The third-order valence-corrected chi connectivity index (χ3v) is 9.58. The summed E-state index contributed by atoms with van der Waals surface area (Å²) in [5.74, 6) is -0.422. The maximum atomic E-state index is 13.6. The Bertz CT molecular complexity index is 2160. The summed E-state index contributed by atoms with van der Waals surface area (Å²) >= 11 is 0. The quantitative estimate of drug-likeness (QED) is 0.120. The van der Waals surface area contributed by atoms with Gasteiger partial charge in [-0.25, -0.2) is 0 Å². The molecule has 0 amide bonds. The molecule has 3 aliphatic rings. The van der Waals surface area contributed by atoms with Crippen molar-refractivity contribution in [2.75, 3.05) is 4.81 Å². The van der Waals surface area contributed by atoms with Gasteiger partial charge in [-0.2, -0.15) is 0 Å². The van der Waals surface area contributed by atoms with Crippen LogP contribution in [0.25, 0.3) is 28.0 Å². The van der Waals surface area contributed by atoms with Gasteiger partial charge < -0.3 is 4.81 Å². The molecular formula is C39H24BNO2. The first-order valence-corrected chi connectivity index (χ1v) is 14.6. The number of carbonyl (C=O) groups is 2. The molecule has 0 bridgehead atoms. The number of allylic oxidation sites excluding steroid dienone is 1. The van der Waals surface area contributed by atoms with Crippen LogP contribution in [-0.2, 0) is 5.41 Å². The molecule has 43 heavy (non-hydrogen) atoms. The highest BCUT2D eigenvalue weighted by molar-refractivity contribution is 6.42. The number of ketones is 2. The lowest BCUT2D eigenvalue weighted by atomic mass is 9.64. The van der Waals surface area contributed by atoms with Crippen LogP contribution in [0.1, 0.15) is 48.5 Å². The van der Waals surface area contributed by atoms with Crippen molar-refractivity contribution in [2.24, 2.45) is 0 Å². The van der Waals surface area contributed by atoms with Gasteiger partial charge in [0.25, 0.3) is 0 Å². The van der Waals surface area contributed by atoms with E-state index in [9.17, 15) is 9.59 Å². The van der Waals surface area contributed by atoms with E-state index in [-0.39, 0.29) is 17.1 Å². The third-order valence-electron chi connectivity index (χ3n) is 9.58. The molecule has 0 aromatic heterocycles. The molecule has 0 fully saturated rings. The Morgan fingerprint density at radius 3 is 1.65 bits per heavy atom. The number of hydrogen-bond donors (Lipinski definition) is 0. The van der Waals surface area contributed by atoms with E-state index in [1.165, 1.54) is 27.8 Å². The van der Waals surface area contributed by atoms with Crippen molar-refractivity contribution in [3.63, 3.8) is 0 Å². The van der Waals surface area contributed by atoms with Crippen molar-refractivity contribution < 1.29 is 9.59 Å². The summed E-state index contributed by atoms with van der Waals surface area (Å²) < 4.78 is 0. The number of para-hydroxylation sites is 1. The monoisotopic (exact) mass is 549 g/mol. The molecule has 9 rings (SSSR count). The fraction of sp³-hybridized carbons (Fsp3) is 0.0256. The SMILES string of the molecule is BN1c2ccccc2C2(c3ccccc3-c3ccccc32)c2cc(C=C3C(=O)c4cc5ccccc5cc4C3=O)ccc21. The molecule has 1 heterocycles. The Balaban J connectivity index is 1.29. The minimum atomic E-state index is -0.537. The molecule has 1 aliphatic heterocycles. The van der Waals surface area contributed by atoms with Gasteiger partial charge in [-0.3, -0.25) is 9.59 Å². The van der Waals surface area contributed by atoms with E-state index in [0.29, 0.717) is 11.1 Å².